The van der Waals surface area contributed by atoms with Crippen molar-refractivity contribution in [1.82, 2.24) is 9.97 Å². The number of hydrogen-bond donors (Lipinski definition) is 1. The number of anilines is 1. The van der Waals surface area contributed by atoms with Gasteiger partial charge in [0.05, 0.1) is 5.39 Å². The molecule has 0 amide bonds. The summed E-state index contributed by atoms with van der Waals surface area (Å²) in [6.45, 7) is 4.11. The van der Waals surface area contributed by atoms with Crippen LogP contribution in [0.5, 0.6) is 0 Å². The minimum atomic E-state index is -0.0622. The number of thiophene rings is 1. The molecule has 0 aliphatic heterocycles. The number of ketones is 1. The van der Waals surface area contributed by atoms with Gasteiger partial charge in [0.15, 0.2) is 5.82 Å². The molecular formula is C20H14N4OS. The number of nitrogens with one attached hydrogen (secondary N) is 1. The summed E-state index contributed by atoms with van der Waals surface area (Å²) in [7, 11) is 0. The fourth-order valence-corrected chi connectivity index (χ4v) is 4.46. The Kier molecular flexibility index (Phi) is 3.17. The molecule has 26 heavy (non-hydrogen) atoms. The molecule has 1 N–H and O–H groups in total. The second-order valence-electron chi connectivity index (χ2n) is 6.30. The highest BCUT2D eigenvalue weighted by atomic mass is 32.1. The van der Waals surface area contributed by atoms with Crippen molar-refractivity contribution in [2.45, 2.75) is 13.8 Å². The first-order valence-electron chi connectivity index (χ1n) is 8.26. The molecule has 5 rings (SSSR count). The van der Waals surface area contributed by atoms with Gasteiger partial charge >= 0.3 is 0 Å². The number of hydrogen-bond acceptors (Lipinski definition) is 6. The molecule has 4 aromatic rings. The molecule has 0 atom stereocenters. The van der Waals surface area contributed by atoms with Crippen LogP contribution in [-0.4, -0.2) is 21.5 Å². The molecule has 0 saturated carbocycles. The Balaban J connectivity index is 1.64. The number of Topliss-reactive ketones (excluding diaryl/α,β-unsaturated/α-hetero) is 1. The molecule has 0 saturated heterocycles. The normalized spacial score (nSPS) is 14.7. The van der Waals surface area contributed by atoms with Gasteiger partial charge in [-0.1, -0.05) is 36.4 Å². The van der Waals surface area contributed by atoms with E-state index in [0.717, 1.165) is 32.1 Å². The maximum absolute atomic E-state index is 12.8. The van der Waals surface area contributed by atoms with Crippen molar-refractivity contribution in [3.05, 3.63) is 64.3 Å². The zero-order valence-corrected chi connectivity index (χ0v) is 15.0. The van der Waals surface area contributed by atoms with E-state index in [-0.39, 0.29) is 5.78 Å². The Morgan fingerprint density at radius 2 is 1.77 bits per heavy atom. The van der Waals surface area contributed by atoms with E-state index in [2.05, 4.69) is 27.4 Å². The summed E-state index contributed by atoms with van der Waals surface area (Å²) in [5, 5.41) is 7.42. The van der Waals surface area contributed by atoms with Crippen LogP contribution < -0.4 is 5.43 Å². The molecule has 0 radical (unpaired) electrons. The van der Waals surface area contributed by atoms with E-state index in [9.17, 15) is 4.79 Å². The summed E-state index contributed by atoms with van der Waals surface area (Å²) < 4.78 is 0. The summed E-state index contributed by atoms with van der Waals surface area (Å²) in [6, 6.07) is 11.7. The number of hydrazone groups is 1. The third kappa shape index (κ3) is 2.02. The van der Waals surface area contributed by atoms with Crippen molar-refractivity contribution in [2.75, 3.05) is 5.43 Å². The van der Waals surface area contributed by atoms with Crippen LogP contribution in [0.15, 0.2) is 47.8 Å². The topological polar surface area (TPSA) is 67.2 Å². The third-order valence-corrected chi connectivity index (χ3v) is 5.97. The van der Waals surface area contributed by atoms with Gasteiger partial charge in [0.25, 0.3) is 0 Å². The largest absolute Gasteiger partial charge is 0.287 e. The van der Waals surface area contributed by atoms with Crippen LogP contribution in [0.3, 0.4) is 0 Å². The van der Waals surface area contributed by atoms with Crippen molar-refractivity contribution in [3.8, 4) is 0 Å². The van der Waals surface area contributed by atoms with Crippen LogP contribution in [0.1, 0.15) is 26.4 Å². The lowest BCUT2D eigenvalue weighted by Gasteiger charge is -2.04. The first-order chi connectivity index (χ1) is 12.6. The molecule has 2 aromatic heterocycles. The minimum Gasteiger partial charge on any atom is -0.287 e. The van der Waals surface area contributed by atoms with E-state index in [4.69, 9.17) is 0 Å². The van der Waals surface area contributed by atoms with Gasteiger partial charge in [0, 0.05) is 21.4 Å². The maximum Gasteiger partial charge on any atom is 0.214 e. The van der Waals surface area contributed by atoms with Crippen LogP contribution in [0, 0.1) is 13.8 Å². The van der Waals surface area contributed by atoms with Crippen molar-refractivity contribution in [2.24, 2.45) is 5.10 Å². The molecule has 0 fully saturated rings. The Bertz CT molecular complexity index is 1250. The van der Waals surface area contributed by atoms with Crippen LogP contribution in [0.2, 0.25) is 0 Å². The molecule has 2 heterocycles. The first kappa shape index (κ1) is 15.2. The lowest BCUT2D eigenvalue weighted by atomic mass is 10.1. The summed E-state index contributed by atoms with van der Waals surface area (Å²) in [5.41, 5.74) is 6.14. The van der Waals surface area contributed by atoms with Gasteiger partial charge in [-0.3, -0.25) is 10.2 Å². The second-order valence-corrected chi connectivity index (χ2v) is 7.50. The molecule has 1 aliphatic rings. The third-order valence-electron chi connectivity index (χ3n) is 4.86. The fraction of sp³-hybridized carbons (Fsp3) is 0.100. The predicted octanol–water partition coefficient (Wildman–Crippen LogP) is 4.47. The summed E-state index contributed by atoms with van der Waals surface area (Å²) in [6.07, 6.45) is 1.52. The first-order valence-corrected chi connectivity index (χ1v) is 9.08. The van der Waals surface area contributed by atoms with Gasteiger partial charge in [0.1, 0.15) is 16.9 Å². The molecule has 5 nitrogen and oxygen atoms in total. The van der Waals surface area contributed by atoms with Crippen molar-refractivity contribution in [3.63, 3.8) is 0 Å². The van der Waals surface area contributed by atoms with Gasteiger partial charge in [-0.25, -0.2) is 9.97 Å². The average Bonchev–Trinajstić information content (AvgIpc) is 3.10. The van der Waals surface area contributed by atoms with Gasteiger partial charge in [0.2, 0.25) is 5.78 Å². The predicted molar refractivity (Wildman–Crippen MR) is 105 cm³/mol. The zero-order chi connectivity index (χ0) is 17.8. The van der Waals surface area contributed by atoms with Crippen molar-refractivity contribution in [1.29, 1.82) is 0 Å². The average molecular weight is 358 g/mol. The number of carbonyl (C=O) groups is 1. The second kappa shape index (κ2) is 5.44. The molecule has 0 spiro atoms. The standard InChI is InChI=1S/C20H14N4OS/c1-10-11(2)26-20-15(10)19(21-9-22-20)24-23-17-13-7-3-5-12-6-4-8-14(16(12)13)18(17)25/h3-9H,1-2H3,(H,21,22,24)/b23-17+. The highest BCUT2D eigenvalue weighted by molar-refractivity contribution is 7.18. The van der Waals surface area contributed by atoms with Crippen LogP contribution in [0.25, 0.3) is 21.0 Å². The Labute approximate surface area is 153 Å². The van der Waals surface area contributed by atoms with Crippen LogP contribution >= 0.6 is 11.3 Å². The molecule has 0 bridgehead atoms. The number of rotatable bonds is 2. The van der Waals surface area contributed by atoms with Gasteiger partial charge in [-0.15, -0.1) is 11.3 Å². The molecule has 2 aromatic carbocycles. The lowest BCUT2D eigenvalue weighted by molar-refractivity contribution is 0.107. The maximum atomic E-state index is 12.8. The number of aryl methyl sites for hydroxylation is 2. The van der Waals surface area contributed by atoms with Crippen LogP contribution in [0.4, 0.5) is 5.82 Å². The van der Waals surface area contributed by atoms with E-state index >= 15 is 0 Å². The van der Waals surface area contributed by atoms with E-state index in [0.29, 0.717) is 17.1 Å². The zero-order valence-electron chi connectivity index (χ0n) is 14.2. The number of carbonyl (C=O) groups excluding carboxylic acids is 1. The van der Waals surface area contributed by atoms with E-state index in [1.165, 1.54) is 11.2 Å². The summed E-state index contributed by atoms with van der Waals surface area (Å²) >= 11 is 1.63. The Hall–Kier alpha value is -3.12. The minimum absolute atomic E-state index is 0.0622. The van der Waals surface area contributed by atoms with Gasteiger partial charge in [-0.2, -0.15) is 5.10 Å². The van der Waals surface area contributed by atoms with Crippen molar-refractivity contribution < 1.29 is 4.79 Å². The van der Waals surface area contributed by atoms with Crippen LogP contribution in [-0.2, 0) is 0 Å². The Morgan fingerprint density at radius 1 is 1.00 bits per heavy atom. The monoisotopic (exact) mass is 358 g/mol. The number of aromatic nitrogens is 2. The molecule has 6 heteroatoms. The van der Waals surface area contributed by atoms with Gasteiger partial charge in [-0.05, 0) is 24.8 Å². The smallest absolute Gasteiger partial charge is 0.214 e. The molecular weight excluding hydrogens is 344 g/mol. The fourth-order valence-electron chi connectivity index (χ4n) is 3.46. The molecule has 1 aliphatic carbocycles. The van der Waals surface area contributed by atoms with E-state index < -0.39 is 0 Å². The van der Waals surface area contributed by atoms with E-state index in [1.54, 1.807) is 11.3 Å². The Morgan fingerprint density at radius 3 is 2.58 bits per heavy atom. The van der Waals surface area contributed by atoms with Crippen molar-refractivity contribution >= 4 is 49.6 Å². The highest BCUT2D eigenvalue weighted by Crippen LogP contribution is 2.34. The lowest BCUT2D eigenvalue weighted by Crippen LogP contribution is -2.11. The highest BCUT2D eigenvalue weighted by Gasteiger charge is 2.28. The quantitative estimate of drug-likeness (QED) is 0.537. The molecule has 126 valence electrons. The number of fused-ring (bicyclic) bond motifs is 1. The SMILES string of the molecule is Cc1sc2ncnc(N/N=C3/C(=O)c4cccc5cccc3c45)c2c1C. The van der Waals surface area contributed by atoms with Gasteiger partial charge < -0.3 is 0 Å². The number of benzene rings is 2. The number of nitrogens with zero attached hydrogens (tertiary/aromatic N) is 3. The summed E-state index contributed by atoms with van der Waals surface area (Å²) in [5.74, 6) is 0.563. The molecule has 0 unspecified atom stereocenters. The summed E-state index contributed by atoms with van der Waals surface area (Å²) in [4.78, 5) is 23.6. The van der Waals surface area contributed by atoms with E-state index in [1.807, 2.05) is 43.3 Å².